The average molecular weight is 254 g/mol. The molecule has 1 saturated carbocycles. The maximum absolute atomic E-state index is 12.4. The van der Waals surface area contributed by atoms with E-state index in [0.29, 0.717) is 12.2 Å². The highest BCUT2D eigenvalue weighted by molar-refractivity contribution is 5.86. The normalized spacial score (nSPS) is 17.7. The van der Waals surface area contributed by atoms with Gasteiger partial charge in [0.15, 0.2) is 0 Å². The zero-order valence-corrected chi connectivity index (χ0v) is 11.7. The maximum Gasteiger partial charge on any atom is 0.303 e. The van der Waals surface area contributed by atoms with E-state index in [4.69, 9.17) is 5.11 Å². The fourth-order valence-corrected chi connectivity index (χ4v) is 2.88. The zero-order chi connectivity index (χ0) is 13.6. The fourth-order valence-electron chi connectivity index (χ4n) is 2.88. The zero-order valence-electron chi connectivity index (χ0n) is 11.7. The van der Waals surface area contributed by atoms with Gasteiger partial charge >= 0.3 is 5.97 Å². The van der Waals surface area contributed by atoms with Gasteiger partial charge in [-0.3, -0.25) is 9.59 Å². The largest absolute Gasteiger partial charge is 0.481 e. The average Bonchev–Trinajstić information content (AvgIpc) is 2.34. The second kappa shape index (κ2) is 6.91. The van der Waals surface area contributed by atoms with Crippen molar-refractivity contribution in [3.05, 3.63) is 0 Å². The number of carbonyl (C=O) groups is 2. The van der Waals surface area contributed by atoms with Crippen LogP contribution in [0.4, 0.5) is 0 Å². The molecule has 0 unspecified atom stereocenters. The predicted molar refractivity (Wildman–Crippen MR) is 71.5 cm³/mol. The highest BCUT2D eigenvalue weighted by Crippen LogP contribution is 2.34. The summed E-state index contributed by atoms with van der Waals surface area (Å²) in [7, 11) is 0. The number of unbranched alkanes of at least 4 members (excludes halogenated alkanes) is 1. The van der Waals surface area contributed by atoms with E-state index >= 15 is 0 Å². The first-order valence-electron chi connectivity index (χ1n) is 7.19. The van der Waals surface area contributed by atoms with Crippen LogP contribution in [0.15, 0.2) is 0 Å². The van der Waals surface area contributed by atoms with Gasteiger partial charge in [-0.25, -0.2) is 0 Å². The Hall–Kier alpha value is -0.860. The number of ketones is 1. The quantitative estimate of drug-likeness (QED) is 0.703. The number of hydrogen-bond acceptors (Lipinski definition) is 2. The Labute approximate surface area is 110 Å². The number of carbonyl (C=O) groups excluding carboxylic acids is 1. The molecular weight excluding hydrogens is 228 g/mol. The third-order valence-electron chi connectivity index (χ3n) is 4.09. The van der Waals surface area contributed by atoms with Crippen molar-refractivity contribution in [3.63, 3.8) is 0 Å². The second-order valence-electron chi connectivity index (χ2n) is 6.18. The van der Waals surface area contributed by atoms with E-state index in [1.165, 1.54) is 19.3 Å². The number of Topliss-reactive ketones (excluding diaryl/α,β-unsaturated/α-hetero) is 1. The summed E-state index contributed by atoms with van der Waals surface area (Å²) in [5.74, 6) is -0.0860. The standard InChI is InChI=1S/C15H26O3/c1-15(2,11-7-6-10-13(16)17)14(18)12-8-4-3-5-9-12/h12H,3-11H2,1-2H3,(H,16,17). The van der Waals surface area contributed by atoms with E-state index in [1.54, 1.807) is 0 Å². The third kappa shape index (κ3) is 4.79. The highest BCUT2D eigenvalue weighted by atomic mass is 16.4. The van der Waals surface area contributed by atoms with Crippen LogP contribution < -0.4 is 0 Å². The van der Waals surface area contributed by atoms with Crippen molar-refractivity contribution in [2.24, 2.45) is 11.3 Å². The van der Waals surface area contributed by atoms with Crippen LogP contribution in [0, 0.1) is 11.3 Å². The van der Waals surface area contributed by atoms with Crippen LogP contribution in [-0.2, 0) is 9.59 Å². The molecule has 3 heteroatoms. The van der Waals surface area contributed by atoms with E-state index in [1.807, 2.05) is 13.8 Å². The molecule has 0 aromatic heterocycles. The molecular formula is C15H26O3. The van der Waals surface area contributed by atoms with Gasteiger partial charge in [0.2, 0.25) is 0 Å². The van der Waals surface area contributed by atoms with Crippen LogP contribution in [0.2, 0.25) is 0 Å². The molecule has 18 heavy (non-hydrogen) atoms. The predicted octanol–water partition coefficient (Wildman–Crippen LogP) is 3.81. The molecule has 1 rings (SSSR count). The molecule has 1 aliphatic rings. The van der Waals surface area contributed by atoms with Crippen molar-refractivity contribution in [2.45, 2.75) is 71.6 Å². The molecule has 1 aliphatic carbocycles. The number of aliphatic carboxylic acids is 1. The highest BCUT2D eigenvalue weighted by Gasteiger charge is 2.33. The van der Waals surface area contributed by atoms with Crippen LogP contribution in [0.5, 0.6) is 0 Å². The van der Waals surface area contributed by atoms with Crippen LogP contribution in [0.3, 0.4) is 0 Å². The first-order chi connectivity index (χ1) is 8.43. The molecule has 0 aliphatic heterocycles. The fraction of sp³-hybridized carbons (Fsp3) is 0.867. The van der Waals surface area contributed by atoms with E-state index in [0.717, 1.165) is 25.7 Å². The van der Waals surface area contributed by atoms with E-state index < -0.39 is 5.97 Å². The van der Waals surface area contributed by atoms with Crippen LogP contribution in [0.25, 0.3) is 0 Å². The van der Waals surface area contributed by atoms with Gasteiger partial charge < -0.3 is 5.11 Å². The van der Waals surface area contributed by atoms with Gasteiger partial charge in [-0.15, -0.1) is 0 Å². The van der Waals surface area contributed by atoms with Gasteiger partial charge in [0.05, 0.1) is 0 Å². The lowest BCUT2D eigenvalue weighted by atomic mass is 9.73. The first kappa shape index (κ1) is 15.2. The molecule has 0 heterocycles. The minimum Gasteiger partial charge on any atom is -0.481 e. The summed E-state index contributed by atoms with van der Waals surface area (Å²) in [6.07, 6.45) is 8.28. The Morgan fingerprint density at radius 1 is 1.11 bits per heavy atom. The van der Waals surface area contributed by atoms with Gasteiger partial charge in [0.25, 0.3) is 0 Å². The Kier molecular flexibility index (Phi) is 5.83. The van der Waals surface area contributed by atoms with Crippen LogP contribution in [0.1, 0.15) is 71.6 Å². The molecule has 0 aromatic carbocycles. The molecule has 0 aromatic rings. The molecule has 0 atom stereocenters. The van der Waals surface area contributed by atoms with E-state index in [9.17, 15) is 9.59 Å². The number of rotatable bonds is 7. The van der Waals surface area contributed by atoms with Crippen molar-refractivity contribution in [2.75, 3.05) is 0 Å². The van der Waals surface area contributed by atoms with Gasteiger partial charge in [-0.05, 0) is 25.7 Å². The monoisotopic (exact) mass is 254 g/mol. The smallest absolute Gasteiger partial charge is 0.303 e. The minimum atomic E-state index is -0.744. The summed E-state index contributed by atoms with van der Waals surface area (Å²) >= 11 is 0. The van der Waals surface area contributed by atoms with Crippen molar-refractivity contribution < 1.29 is 14.7 Å². The molecule has 0 amide bonds. The lowest BCUT2D eigenvalue weighted by Gasteiger charge is -2.30. The van der Waals surface area contributed by atoms with E-state index in [2.05, 4.69) is 0 Å². The Bertz CT molecular complexity index is 288. The summed E-state index contributed by atoms with van der Waals surface area (Å²) < 4.78 is 0. The lowest BCUT2D eigenvalue weighted by Crippen LogP contribution is -2.32. The first-order valence-corrected chi connectivity index (χ1v) is 7.19. The third-order valence-corrected chi connectivity index (χ3v) is 4.09. The Morgan fingerprint density at radius 3 is 2.28 bits per heavy atom. The molecule has 1 N–H and O–H groups in total. The summed E-state index contributed by atoms with van der Waals surface area (Å²) in [6, 6.07) is 0. The van der Waals surface area contributed by atoms with E-state index in [-0.39, 0.29) is 17.8 Å². The summed E-state index contributed by atoms with van der Waals surface area (Å²) in [4.78, 5) is 22.9. The second-order valence-corrected chi connectivity index (χ2v) is 6.18. The van der Waals surface area contributed by atoms with Crippen LogP contribution >= 0.6 is 0 Å². The molecule has 0 radical (unpaired) electrons. The molecule has 3 nitrogen and oxygen atoms in total. The van der Waals surface area contributed by atoms with Crippen molar-refractivity contribution in [1.29, 1.82) is 0 Å². The van der Waals surface area contributed by atoms with Crippen molar-refractivity contribution in [1.82, 2.24) is 0 Å². The van der Waals surface area contributed by atoms with Gasteiger partial charge in [-0.2, -0.15) is 0 Å². The summed E-state index contributed by atoms with van der Waals surface area (Å²) in [6.45, 7) is 4.04. The SMILES string of the molecule is CC(C)(CCCCC(=O)O)C(=O)C1CCCCC1. The minimum absolute atomic E-state index is 0.216. The maximum atomic E-state index is 12.4. The van der Waals surface area contributed by atoms with Crippen molar-refractivity contribution in [3.8, 4) is 0 Å². The van der Waals surface area contributed by atoms with Crippen molar-refractivity contribution >= 4 is 11.8 Å². The molecule has 1 fully saturated rings. The molecule has 0 saturated heterocycles. The summed E-state index contributed by atoms with van der Waals surface area (Å²) in [5.41, 5.74) is -0.277. The topological polar surface area (TPSA) is 54.4 Å². The number of carboxylic acid groups (broad SMARTS) is 1. The lowest BCUT2D eigenvalue weighted by molar-refractivity contribution is -0.137. The van der Waals surface area contributed by atoms with Crippen LogP contribution in [-0.4, -0.2) is 16.9 Å². The Balaban J connectivity index is 2.36. The number of carboxylic acids is 1. The molecule has 104 valence electrons. The Morgan fingerprint density at radius 2 is 1.72 bits per heavy atom. The molecule has 0 spiro atoms. The molecule has 0 bridgehead atoms. The number of hydrogen-bond donors (Lipinski definition) is 1. The van der Waals surface area contributed by atoms with Gasteiger partial charge in [0.1, 0.15) is 5.78 Å². The van der Waals surface area contributed by atoms with Gasteiger partial charge in [0, 0.05) is 17.8 Å². The summed E-state index contributed by atoms with van der Waals surface area (Å²) in [5, 5.41) is 8.59. The van der Waals surface area contributed by atoms with Gasteiger partial charge in [-0.1, -0.05) is 39.5 Å².